The SMILES string of the molecule is COc1cc(F)ccc1NC(=O)c1cccnc1F. The Morgan fingerprint density at radius 3 is 2.79 bits per heavy atom. The van der Waals surface area contributed by atoms with Crippen molar-refractivity contribution in [2.75, 3.05) is 12.4 Å². The number of halogens is 2. The van der Waals surface area contributed by atoms with Gasteiger partial charge in [0.15, 0.2) is 0 Å². The summed E-state index contributed by atoms with van der Waals surface area (Å²) in [4.78, 5) is 15.2. The molecule has 0 unspecified atom stereocenters. The van der Waals surface area contributed by atoms with E-state index < -0.39 is 17.7 Å². The lowest BCUT2D eigenvalue weighted by Gasteiger charge is -2.10. The highest BCUT2D eigenvalue weighted by Crippen LogP contribution is 2.25. The Kier molecular flexibility index (Phi) is 3.70. The second-order valence-corrected chi connectivity index (χ2v) is 3.64. The van der Waals surface area contributed by atoms with E-state index in [-0.39, 0.29) is 17.0 Å². The molecule has 0 aliphatic rings. The fourth-order valence-electron chi connectivity index (χ4n) is 1.51. The van der Waals surface area contributed by atoms with E-state index in [1.165, 1.54) is 31.5 Å². The molecule has 0 saturated heterocycles. The molecular weight excluding hydrogens is 254 g/mol. The maximum absolute atomic E-state index is 13.3. The van der Waals surface area contributed by atoms with Gasteiger partial charge in [0, 0.05) is 12.3 Å². The molecule has 0 spiro atoms. The topological polar surface area (TPSA) is 51.2 Å². The van der Waals surface area contributed by atoms with Crippen molar-refractivity contribution in [1.82, 2.24) is 4.98 Å². The zero-order valence-corrected chi connectivity index (χ0v) is 9.98. The van der Waals surface area contributed by atoms with Crippen LogP contribution in [0.4, 0.5) is 14.5 Å². The fourth-order valence-corrected chi connectivity index (χ4v) is 1.51. The van der Waals surface area contributed by atoms with Crippen LogP contribution < -0.4 is 10.1 Å². The van der Waals surface area contributed by atoms with E-state index >= 15 is 0 Å². The molecule has 0 atom stereocenters. The van der Waals surface area contributed by atoms with Crippen molar-refractivity contribution in [1.29, 1.82) is 0 Å². The summed E-state index contributed by atoms with van der Waals surface area (Å²) in [7, 11) is 1.34. The Morgan fingerprint density at radius 1 is 1.32 bits per heavy atom. The number of benzene rings is 1. The first kappa shape index (κ1) is 12.9. The minimum absolute atomic E-state index is 0.151. The minimum Gasteiger partial charge on any atom is -0.494 e. The number of rotatable bonds is 3. The van der Waals surface area contributed by atoms with Gasteiger partial charge in [-0.1, -0.05) is 0 Å². The molecule has 6 heteroatoms. The van der Waals surface area contributed by atoms with Gasteiger partial charge in [-0.05, 0) is 24.3 Å². The number of nitrogens with one attached hydrogen (secondary N) is 1. The van der Waals surface area contributed by atoms with Gasteiger partial charge in [0.1, 0.15) is 11.6 Å². The Hall–Kier alpha value is -2.50. The van der Waals surface area contributed by atoms with Crippen molar-refractivity contribution in [3.8, 4) is 5.75 Å². The summed E-state index contributed by atoms with van der Waals surface area (Å²) >= 11 is 0. The molecule has 1 aromatic carbocycles. The van der Waals surface area contributed by atoms with Crippen LogP contribution in [-0.4, -0.2) is 18.0 Å². The van der Waals surface area contributed by atoms with Crippen molar-refractivity contribution in [3.63, 3.8) is 0 Å². The van der Waals surface area contributed by atoms with E-state index in [4.69, 9.17) is 4.74 Å². The third-order valence-corrected chi connectivity index (χ3v) is 2.42. The summed E-state index contributed by atoms with van der Waals surface area (Å²) in [5.74, 6) is -1.91. The van der Waals surface area contributed by atoms with Crippen LogP contribution in [0, 0.1) is 11.8 Å². The predicted molar refractivity (Wildman–Crippen MR) is 65.1 cm³/mol. The average molecular weight is 264 g/mol. The molecule has 0 bridgehead atoms. The molecule has 0 fully saturated rings. The number of nitrogens with zero attached hydrogens (tertiary/aromatic N) is 1. The van der Waals surface area contributed by atoms with Crippen LogP contribution in [0.1, 0.15) is 10.4 Å². The molecule has 0 aliphatic heterocycles. The third-order valence-electron chi connectivity index (χ3n) is 2.42. The van der Waals surface area contributed by atoms with Crippen LogP contribution in [0.25, 0.3) is 0 Å². The first-order valence-electron chi connectivity index (χ1n) is 5.37. The monoisotopic (exact) mass is 264 g/mol. The highest BCUT2D eigenvalue weighted by molar-refractivity contribution is 6.04. The molecule has 98 valence electrons. The van der Waals surface area contributed by atoms with Crippen molar-refractivity contribution in [3.05, 3.63) is 53.9 Å². The molecule has 0 saturated carbocycles. The second kappa shape index (κ2) is 5.43. The van der Waals surface area contributed by atoms with Gasteiger partial charge in [-0.2, -0.15) is 4.39 Å². The quantitative estimate of drug-likeness (QED) is 0.867. The number of ether oxygens (including phenoxy) is 1. The summed E-state index contributed by atoms with van der Waals surface area (Å²) in [5, 5.41) is 2.44. The lowest BCUT2D eigenvalue weighted by atomic mass is 10.2. The number of hydrogen-bond acceptors (Lipinski definition) is 3. The molecule has 1 N–H and O–H groups in total. The zero-order chi connectivity index (χ0) is 13.8. The number of aromatic nitrogens is 1. The van der Waals surface area contributed by atoms with Gasteiger partial charge in [-0.15, -0.1) is 0 Å². The van der Waals surface area contributed by atoms with Crippen LogP contribution in [0.15, 0.2) is 36.5 Å². The number of pyridine rings is 1. The van der Waals surface area contributed by atoms with E-state index in [2.05, 4.69) is 10.3 Å². The number of methoxy groups -OCH3 is 1. The van der Waals surface area contributed by atoms with Crippen LogP contribution in [0.3, 0.4) is 0 Å². The standard InChI is InChI=1S/C13H10F2N2O2/c1-19-11-7-8(14)4-5-10(11)17-13(18)9-3-2-6-16-12(9)15/h2-7H,1H3,(H,17,18). The molecular formula is C13H10F2N2O2. The Labute approximate surface area is 108 Å². The normalized spacial score (nSPS) is 10.1. The number of anilines is 1. The maximum atomic E-state index is 13.3. The Balaban J connectivity index is 2.27. The number of carbonyl (C=O) groups excluding carboxylic acids is 1. The van der Waals surface area contributed by atoms with Gasteiger partial charge in [-0.3, -0.25) is 4.79 Å². The second-order valence-electron chi connectivity index (χ2n) is 3.64. The number of carbonyl (C=O) groups is 1. The van der Waals surface area contributed by atoms with Crippen LogP contribution in [0.2, 0.25) is 0 Å². The van der Waals surface area contributed by atoms with E-state index in [1.54, 1.807) is 0 Å². The molecule has 1 aromatic heterocycles. The minimum atomic E-state index is -0.874. The molecule has 2 rings (SSSR count). The van der Waals surface area contributed by atoms with Gasteiger partial charge < -0.3 is 10.1 Å². The van der Waals surface area contributed by atoms with Gasteiger partial charge in [0.05, 0.1) is 18.4 Å². The fraction of sp³-hybridized carbons (Fsp3) is 0.0769. The van der Waals surface area contributed by atoms with Gasteiger partial charge in [0.2, 0.25) is 5.95 Å². The molecule has 1 heterocycles. The van der Waals surface area contributed by atoms with Crippen molar-refractivity contribution in [2.24, 2.45) is 0 Å². The molecule has 0 radical (unpaired) electrons. The van der Waals surface area contributed by atoms with Gasteiger partial charge in [0.25, 0.3) is 5.91 Å². The first-order chi connectivity index (χ1) is 9.11. The van der Waals surface area contributed by atoms with Crippen LogP contribution >= 0.6 is 0 Å². The summed E-state index contributed by atoms with van der Waals surface area (Å²) in [6.07, 6.45) is 1.24. The summed E-state index contributed by atoms with van der Waals surface area (Å²) in [6.45, 7) is 0. The summed E-state index contributed by atoms with van der Waals surface area (Å²) in [5.41, 5.74) is 0.0473. The highest BCUT2D eigenvalue weighted by Gasteiger charge is 2.14. The maximum Gasteiger partial charge on any atom is 0.260 e. The Bertz CT molecular complexity index is 617. The molecule has 1 amide bonds. The molecule has 2 aromatic rings. The van der Waals surface area contributed by atoms with Crippen molar-refractivity contribution in [2.45, 2.75) is 0 Å². The Morgan fingerprint density at radius 2 is 2.11 bits per heavy atom. The molecule has 19 heavy (non-hydrogen) atoms. The van der Waals surface area contributed by atoms with Crippen molar-refractivity contribution < 1.29 is 18.3 Å². The van der Waals surface area contributed by atoms with E-state index in [0.717, 1.165) is 12.1 Å². The van der Waals surface area contributed by atoms with Crippen LogP contribution in [0.5, 0.6) is 5.75 Å². The predicted octanol–water partition coefficient (Wildman–Crippen LogP) is 2.62. The number of hydrogen-bond donors (Lipinski definition) is 1. The van der Waals surface area contributed by atoms with Gasteiger partial charge in [-0.25, -0.2) is 9.37 Å². The highest BCUT2D eigenvalue weighted by atomic mass is 19.1. The lowest BCUT2D eigenvalue weighted by molar-refractivity contribution is 0.102. The summed E-state index contributed by atoms with van der Waals surface area (Å²) in [6, 6.07) is 6.36. The average Bonchev–Trinajstić information content (AvgIpc) is 2.41. The smallest absolute Gasteiger partial charge is 0.260 e. The van der Waals surface area contributed by atoms with E-state index in [1.807, 2.05) is 0 Å². The van der Waals surface area contributed by atoms with Gasteiger partial charge >= 0.3 is 0 Å². The molecule has 4 nitrogen and oxygen atoms in total. The van der Waals surface area contributed by atoms with Crippen molar-refractivity contribution >= 4 is 11.6 Å². The van der Waals surface area contributed by atoms with E-state index in [0.29, 0.717) is 0 Å². The van der Waals surface area contributed by atoms with Crippen LogP contribution in [-0.2, 0) is 0 Å². The third kappa shape index (κ3) is 2.85. The lowest BCUT2D eigenvalue weighted by Crippen LogP contribution is -2.15. The largest absolute Gasteiger partial charge is 0.494 e. The summed E-state index contributed by atoms with van der Waals surface area (Å²) < 4.78 is 31.3. The zero-order valence-electron chi connectivity index (χ0n) is 9.98. The number of amides is 1. The molecule has 0 aliphatic carbocycles. The van der Waals surface area contributed by atoms with E-state index in [9.17, 15) is 13.6 Å². The first-order valence-corrected chi connectivity index (χ1v) is 5.37.